The van der Waals surface area contributed by atoms with Gasteiger partial charge in [0.25, 0.3) is 0 Å². The Bertz CT molecular complexity index is 565. The third-order valence-electron chi connectivity index (χ3n) is 3.89. The minimum Gasteiger partial charge on any atom is -0.345 e. The van der Waals surface area contributed by atoms with Gasteiger partial charge in [-0.1, -0.05) is 30.3 Å². The van der Waals surface area contributed by atoms with Crippen molar-refractivity contribution in [3.63, 3.8) is 0 Å². The van der Waals surface area contributed by atoms with Crippen LogP contribution in [0, 0.1) is 6.92 Å². The molecule has 112 valence electrons. The average molecular weight is 285 g/mol. The lowest BCUT2D eigenvalue weighted by molar-refractivity contribution is 0.283. The van der Waals surface area contributed by atoms with E-state index in [-0.39, 0.29) is 0 Å². The summed E-state index contributed by atoms with van der Waals surface area (Å²) >= 11 is 0. The first-order valence-electron chi connectivity index (χ1n) is 7.46. The summed E-state index contributed by atoms with van der Waals surface area (Å²) in [5.41, 5.74) is 9.26. The number of benzene rings is 1. The molecule has 2 heterocycles. The number of nitrogens with zero attached hydrogens (tertiary/aromatic N) is 2. The van der Waals surface area contributed by atoms with Crippen molar-refractivity contribution in [3.8, 4) is 0 Å². The second-order valence-corrected chi connectivity index (χ2v) is 5.89. The molecule has 1 saturated heterocycles. The van der Waals surface area contributed by atoms with Gasteiger partial charge in [-0.2, -0.15) is 0 Å². The van der Waals surface area contributed by atoms with Crippen LogP contribution in [0.4, 0.5) is 0 Å². The van der Waals surface area contributed by atoms with Crippen LogP contribution in [0.1, 0.15) is 29.5 Å². The zero-order valence-corrected chi connectivity index (χ0v) is 12.6. The largest absolute Gasteiger partial charge is 0.345 e. The van der Waals surface area contributed by atoms with Crippen molar-refractivity contribution < 1.29 is 0 Å². The Morgan fingerprint density at radius 1 is 1.24 bits per heavy atom. The van der Waals surface area contributed by atoms with E-state index in [9.17, 15) is 0 Å². The summed E-state index contributed by atoms with van der Waals surface area (Å²) in [7, 11) is 2.13. The third-order valence-corrected chi connectivity index (χ3v) is 3.89. The van der Waals surface area contributed by atoms with Gasteiger partial charge in [-0.25, -0.2) is 10.4 Å². The molecule has 3 rings (SSSR count). The third kappa shape index (κ3) is 3.69. The normalized spacial score (nSPS) is 22.0. The molecule has 1 aromatic heterocycles. The Morgan fingerprint density at radius 2 is 2.05 bits per heavy atom. The van der Waals surface area contributed by atoms with E-state index in [1.807, 2.05) is 13.1 Å². The van der Waals surface area contributed by atoms with Crippen LogP contribution < -0.4 is 10.9 Å². The molecule has 1 aliphatic heterocycles. The topological polar surface area (TPSA) is 56.0 Å². The van der Waals surface area contributed by atoms with E-state index in [0.29, 0.717) is 12.1 Å². The van der Waals surface area contributed by atoms with Crippen molar-refractivity contribution in [2.75, 3.05) is 13.6 Å². The maximum Gasteiger partial charge on any atom is 0.120 e. The SMILES string of the molecule is Cc1cnc(CN(C)CC2CC(c3ccccc3)NN2)[nH]1. The van der Waals surface area contributed by atoms with Gasteiger partial charge >= 0.3 is 0 Å². The smallest absolute Gasteiger partial charge is 0.120 e. The first kappa shape index (κ1) is 14.3. The Labute approximate surface area is 125 Å². The van der Waals surface area contributed by atoms with Gasteiger partial charge in [-0.05, 0) is 26.0 Å². The maximum atomic E-state index is 4.36. The molecule has 0 saturated carbocycles. The lowest BCUT2D eigenvalue weighted by Crippen LogP contribution is -2.38. The number of aromatic amines is 1. The van der Waals surface area contributed by atoms with Crippen LogP contribution in [0.2, 0.25) is 0 Å². The number of hydrogen-bond acceptors (Lipinski definition) is 4. The van der Waals surface area contributed by atoms with Crippen LogP contribution in [0.3, 0.4) is 0 Å². The van der Waals surface area contributed by atoms with Gasteiger partial charge in [0.05, 0.1) is 6.54 Å². The van der Waals surface area contributed by atoms with Gasteiger partial charge in [0.1, 0.15) is 5.82 Å². The number of aromatic nitrogens is 2. The molecule has 2 atom stereocenters. The summed E-state index contributed by atoms with van der Waals surface area (Å²) in [6.07, 6.45) is 2.98. The molecule has 21 heavy (non-hydrogen) atoms. The van der Waals surface area contributed by atoms with Crippen LogP contribution in [-0.4, -0.2) is 34.5 Å². The average Bonchev–Trinajstić information content (AvgIpc) is 3.09. The van der Waals surface area contributed by atoms with Crippen molar-refractivity contribution in [2.24, 2.45) is 0 Å². The van der Waals surface area contributed by atoms with E-state index in [1.54, 1.807) is 0 Å². The molecule has 1 fully saturated rings. The number of imidazole rings is 1. The van der Waals surface area contributed by atoms with Crippen molar-refractivity contribution in [1.29, 1.82) is 0 Å². The number of nitrogens with one attached hydrogen (secondary N) is 3. The molecule has 5 heteroatoms. The number of H-pyrrole nitrogens is 1. The van der Waals surface area contributed by atoms with Crippen LogP contribution in [0.15, 0.2) is 36.5 Å². The van der Waals surface area contributed by atoms with Gasteiger partial charge in [0, 0.05) is 30.5 Å². The monoisotopic (exact) mass is 285 g/mol. The Morgan fingerprint density at radius 3 is 2.76 bits per heavy atom. The number of likely N-dealkylation sites (N-methyl/N-ethyl adjacent to an activating group) is 1. The summed E-state index contributed by atoms with van der Waals surface area (Å²) in [5, 5.41) is 0. The van der Waals surface area contributed by atoms with Crippen LogP contribution in [-0.2, 0) is 6.54 Å². The molecule has 0 spiro atoms. The second-order valence-electron chi connectivity index (χ2n) is 5.89. The molecule has 3 N–H and O–H groups in total. The molecule has 0 bridgehead atoms. The second kappa shape index (κ2) is 6.39. The number of hydrazine groups is 1. The number of aryl methyl sites for hydroxylation is 1. The molecule has 0 aliphatic carbocycles. The summed E-state index contributed by atoms with van der Waals surface area (Å²) in [6, 6.07) is 11.5. The molecule has 0 amide bonds. The molecule has 5 nitrogen and oxygen atoms in total. The highest BCUT2D eigenvalue weighted by atomic mass is 15.4. The minimum atomic E-state index is 0.399. The summed E-state index contributed by atoms with van der Waals surface area (Å²) in [6.45, 7) is 3.88. The van der Waals surface area contributed by atoms with E-state index < -0.39 is 0 Å². The quantitative estimate of drug-likeness (QED) is 0.783. The fourth-order valence-electron chi connectivity index (χ4n) is 2.89. The van der Waals surface area contributed by atoms with Crippen molar-refractivity contribution >= 4 is 0 Å². The highest BCUT2D eigenvalue weighted by Crippen LogP contribution is 2.22. The summed E-state index contributed by atoms with van der Waals surface area (Å²) in [5.74, 6) is 1.03. The molecule has 2 unspecified atom stereocenters. The minimum absolute atomic E-state index is 0.399. The lowest BCUT2D eigenvalue weighted by atomic mass is 10.0. The highest BCUT2D eigenvalue weighted by molar-refractivity contribution is 5.20. The Kier molecular flexibility index (Phi) is 4.34. The first-order valence-corrected chi connectivity index (χ1v) is 7.46. The molecule has 0 radical (unpaired) electrons. The van der Waals surface area contributed by atoms with Crippen LogP contribution in [0.25, 0.3) is 0 Å². The van der Waals surface area contributed by atoms with E-state index in [1.165, 1.54) is 5.56 Å². The van der Waals surface area contributed by atoms with Gasteiger partial charge in [0.2, 0.25) is 0 Å². The van der Waals surface area contributed by atoms with Crippen molar-refractivity contribution in [3.05, 3.63) is 53.6 Å². The van der Waals surface area contributed by atoms with Crippen LogP contribution in [0.5, 0.6) is 0 Å². The summed E-state index contributed by atoms with van der Waals surface area (Å²) < 4.78 is 0. The molecule has 2 aromatic rings. The predicted molar refractivity (Wildman–Crippen MR) is 83.5 cm³/mol. The van der Waals surface area contributed by atoms with Crippen molar-refractivity contribution in [2.45, 2.75) is 32.0 Å². The first-order chi connectivity index (χ1) is 10.2. The fourth-order valence-corrected chi connectivity index (χ4v) is 2.89. The Hall–Kier alpha value is -1.69. The van der Waals surface area contributed by atoms with Gasteiger partial charge < -0.3 is 4.98 Å². The zero-order chi connectivity index (χ0) is 14.7. The van der Waals surface area contributed by atoms with E-state index in [2.05, 4.69) is 63.1 Å². The Balaban J connectivity index is 1.50. The predicted octanol–water partition coefficient (Wildman–Crippen LogP) is 1.76. The van der Waals surface area contributed by atoms with Crippen LogP contribution >= 0.6 is 0 Å². The van der Waals surface area contributed by atoms with Gasteiger partial charge in [-0.3, -0.25) is 10.3 Å². The lowest BCUT2D eigenvalue weighted by Gasteiger charge is -2.19. The fraction of sp³-hybridized carbons (Fsp3) is 0.438. The number of rotatable bonds is 5. The zero-order valence-electron chi connectivity index (χ0n) is 12.6. The maximum absolute atomic E-state index is 4.36. The van der Waals surface area contributed by atoms with Gasteiger partial charge in [0.15, 0.2) is 0 Å². The highest BCUT2D eigenvalue weighted by Gasteiger charge is 2.25. The standard InChI is InChI=1S/C16H23N5/c1-12-9-17-16(18-12)11-21(2)10-14-8-15(20-19-14)13-6-4-3-5-7-13/h3-7,9,14-15,19-20H,8,10-11H2,1-2H3,(H,17,18). The van der Waals surface area contributed by atoms with E-state index >= 15 is 0 Å². The number of hydrogen-bond donors (Lipinski definition) is 3. The van der Waals surface area contributed by atoms with E-state index in [4.69, 9.17) is 0 Å². The molecule has 1 aromatic carbocycles. The summed E-state index contributed by atoms with van der Waals surface area (Å²) in [4.78, 5) is 9.93. The van der Waals surface area contributed by atoms with E-state index in [0.717, 1.165) is 31.0 Å². The molecular weight excluding hydrogens is 262 g/mol. The van der Waals surface area contributed by atoms with Crippen molar-refractivity contribution in [1.82, 2.24) is 25.7 Å². The molecular formula is C16H23N5. The molecule has 1 aliphatic rings. The van der Waals surface area contributed by atoms with Gasteiger partial charge in [-0.15, -0.1) is 0 Å².